The highest BCUT2D eigenvalue weighted by molar-refractivity contribution is 6.32. The number of ether oxygens (including phenoxy) is 1. The van der Waals surface area contributed by atoms with Gasteiger partial charge in [-0.3, -0.25) is 9.69 Å². The molecule has 0 saturated carbocycles. The van der Waals surface area contributed by atoms with E-state index in [-0.39, 0.29) is 0 Å². The van der Waals surface area contributed by atoms with Gasteiger partial charge in [-0.1, -0.05) is 23.7 Å². The molecule has 1 atom stereocenters. The second-order valence-electron chi connectivity index (χ2n) is 4.37. The maximum absolute atomic E-state index is 11.1. The summed E-state index contributed by atoms with van der Waals surface area (Å²) in [6, 6.07) is 6.78. The van der Waals surface area contributed by atoms with Crippen molar-refractivity contribution in [2.45, 2.75) is 6.04 Å². The van der Waals surface area contributed by atoms with Gasteiger partial charge < -0.3 is 15.2 Å². The molecule has 1 aliphatic heterocycles. The van der Waals surface area contributed by atoms with Crippen LogP contribution in [0, 0.1) is 0 Å². The fraction of sp³-hybridized carbons (Fsp3) is 0.462. The number of nitrogens with zero attached hydrogens (tertiary/aromatic N) is 1. The van der Waals surface area contributed by atoms with Crippen LogP contribution in [0.5, 0.6) is 5.75 Å². The zero-order valence-corrected chi connectivity index (χ0v) is 11.3. The molecule has 6 heteroatoms. The minimum Gasteiger partial charge on any atom is -0.491 e. The monoisotopic (exact) mass is 284 g/mol. The molecule has 1 aliphatic rings. The number of carboxylic acid groups (broad SMARTS) is 1. The average molecular weight is 285 g/mol. The van der Waals surface area contributed by atoms with E-state index in [0.29, 0.717) is 37.0 Å². The second-order valence-corrected chi connectivity index (χ2v) is 4.78. The van der Waals surface area contributed by atoms with Crippen molar-refractivity contribution in [2.24, 2.45) is 0 Å². The van der Waals surface area contributed by atoms with Gasteiger partial charge in [-0.2, -0.15) is 0 Å². The van der Waals surface area contributed by atoms with Crippen molar-refractivity contribution < 1.29 is 14.6 Å². The topological polar surface area (TPSA) is 61.8 Å². The smallest absolute Gasteiger partial charge is 0.322 e. The highest BCUT2D eigenvalue weighted by Crippen LogP contribution is 2.22. The number of nitrogens with one attached hydrogen (secondary N) is 1. The van der Waals surface area contributed by atoms with Crippen LogP contribution in [0.25, 0.3) is 0 Å². The van der Waals surface area contributed by atoms with Crippen LogP contribution in [0.15, 0.2) is 24.3 Å². The molecule has 1 saturated heterocycles. The van der Waals surface area contributed by atoms with Gasteiger partial charge in [0.1, 0.15) is 18.4 Å². The number of hydrogen-bond acceptors (Lipinski definition) is 4. The lowest BCUT2D eigenvalue weighted by Gasteiger charge is -2.33. The first-order valence-corrected chi connectivity index (χ1v) is 6.61. The lowest BCUT2D eigenvalue weighted by atomic mass is 10.2. The molecule has 1 aromatic carbocycles. The van der Waals surface area contributed by atoms with Crippen LogP contribution >= 0.6 is 11.6 Å². The largest absolute Gasteiger partial charge is 0.491 e. The average Bonchev–Trinajstić information content (AvgIpc) is 2.41. The number of rotatable bonds is 5. The van der Waals surface area contributed by atoms with Gasteiger partial charge in [-0.15, -0.1) is 0 Å². The number of halogens is 1. The predicted molar refractivity (Wildman–Crippen MR) is 72.8 cm³/mol. The Bertz CT molecular complexity index is 442. The molecular formula is C13H17ClN2O3. The minimum absolute atomic E-state index is 0.424. The van der Waals surface area contributed by atoms with Gasteiger partial charge in [0.15, 0.2) is 0 Å². The molecule has 1 unspecified atom stereocenters. The van der Waals surface area contributed by atoms with E-state index in [1.807, 2.05) is 17.0 Å². The lowest BCUT2D eigenvalue weighted by Crippen LogP contribution is -2.55. The quantitative estimate of drug-likeness (QED) is 0.847. The van der Waals surface area contributed by atoms with Gasteiger partial charge in [0.05, 0.1) is 5.02 Å². The second kappa shape index (κ2) is 6.75. The van der Waals surface area contributed by atoms with Crippen molar-refractivity contribution in [3.63, 3.8) is 0 Å². The summed E-state index contributed by atoms with van der Waals surface area (Å²) in [6.45, 7) is 2.98. The number of piperazine rings is 1. The zero-order chi connectivity index (χ0) is 13.7. The fourth-order valence-electron chi connectivity index (χ4n) is 2.09. The molecule has 104 valence electrons. The number of para-hydroxylation sites is 1. The first-order valence-electron chi connectivity index (χ1n) is 6.23. The number of benzene rings is 1. The molecule has 0 aliphatic carbocycles. The lowest BCUT2D eigenvalue weighted by molar-refractivity contribution is -0.144. The van der Waals surface area contributed by atoms with Crippen LogP contribution in [0.4, 0.5) is 0 Å². The number of carboxylic acids is 1. The van der Waals surface area contributed by atoms with E-state index in [0.717, 1.165) is 6.54 Å². The Hall–Kier alpha value is -1.30. The van der Waals surface area contributed by atoms with Crippen molar-refractivity contribution in [3.8, 4) is 5.75 Å². The summed E-state index contributed by atoms with van der Waals surface area (Å²) in [4.78, 5) is 13.0. The summed E-state index contributed by atoms with van der Waals surface area (Å²) in [5.41, 5.74) is 0. The molecule has 1 heterocycles. The standard InChI is InChI=1S/C13H17ClN2O3/c14-10-3-1-2-4-12(10)19-8-7-16-6-5-15-9-11(16)13(17)18/h1-4,11,15H,5-9H2,(H,17,18). The van der Waals surface area contributed by atoms with Crippen molar-refractivity contribution in [1.82, 2.24) is 10.2 Å². The Labute approximate surface area is 117 Å². The van der Waals surface area contributed by atoms with Crippen LogP contribution in [0.2, 0.25) is 5.02 Å². The molecule has 0 amide bonds. The first-order chi connectivity index (χ1) is 9.18. The highest BCUT2D eigenvalue weighted by Gasteiger charge is 2.27. The van der Waals surface area contributed by atoms with Crippen LogP contribution in [-0.2, 0) is 4.79 Å². The molecule has 0 radical (unpaired) electrons. The third-order valence-electron chi connectivity index (χ3n) is 3.11. The van der Waals surface area contributed by atoms with Crippen LogP contribution in [0.1, 0.15) is 0 Å². The van der Waals surface area contributed by atoms with Gasteiger partial charge >= 0.3 is 5.97 Å². The van der Waals surface area contributed by atoms with E-state index in [9.17, 15) is 4.79 Å². The fourth-order valence-corrected chi connectivity index (χ4v) is 2.28. The molecule has 1 aromatic rings. The SMILES string of the molecule is O=C(O)C1CNCCN1CCOc1ccccc1Cl. The number of aliphatic carboxylic acids is 1. The molecule has 2 rings (SSSR count). The Morgan fingerprint density at radius 1 is 1.53 bits per heavy atom. The third-order valence-corrected chi connectivity index (χ3v) is 3.42. The van der Waals surface area contributed by atoms with Crippen LogP contribution in [0.3, 0.4) is 0 Å². The maximum Gasteiger partial charge on any atom is 0.322 e. The zero-order valence-electron chi connectivity index (χ0n) is 10.5. The van der Waals surface area contributed by atoms with Gasteiger partial charge in [0.2, 0.25) is 0 Å². The van der Waals surface area contributed by atoms with Crippen molar-refractivity contribution >= 4 is 17.6 Å². The maximum atomic E-state index is 11.1. The first kappa shape index (κ1) is 14.1. The number of carbonyl (C=O) groups is 1. The molecule has 0 spiro atoms. The van der Waals surface area contributed by atoms with Gasteiger partial charge in [0, 0.05) is 26.2 Å². The van der Waals surface area contributed by atoms with E-state index in [2.05, 4.69) is 5.32 Å². The Kier molecular flexibility index (Phi) is 5.01. The molecule has 1 fully saturated rings. The van der Waals surface area contributed by atoms with Crippen molar-refractivity contribution in [1.29, 1.82) is 0 Å². The summed E-state index contributed by atoms with van der Waals surface area (Å²) in [5.74, 6) is -0.170. The van der Waals surface area contributed by atoms with E-state index in [1.165, 1.54) is 0 Å². The summed E-state index contributed by atoms with van der Waals surface area (Å²) < 4.78 is 5.58. The summed E-state index contributed by atoms with van der Waals surface area (Å²) in [6.07, 6.45) is 0. The van der Waals surface area contributed by atoms with Crippen molar-refractivity contribution in [2.75, 3.05) is 32.8 Å². The van der Waals surface area contributed by atoms with E-state index in [1.54, 1.807) is 12.1 Å². The van der Waals surface area contributed by atoms with E-state index >= 15 is 0 Å². The van der Waals surface area contributed by atoms with E-state index < -0.39 is 12.0 Å². The van der Waals surface area contributed by atoms with Gasteiger partial charge in [-0.05, 0) is 12.1 Å². The summed E-state index contributed by atoms with van der Waals surface area (Å²) in [5, 5.41) is 12.8. The van der Waals surface area contributed by atoms with E-state index in [4.69, 9.17) is 21.4 Å². The molecule has 5 nitrogen and oxygen atoms in total. The third kappa shape index (κ3) is 3.83. The normalized spacial score (nSPS) is 20.2. The summed E-state index contributed by atoms with van der Waals surface area (Å²) in [7, 11) is 0. The minimum atomic E-state index is -0.801. The highest BCUT2D eigenvalue weighted by atomic mass is 35.5. The van der Waals surface area contributed by atoms with Gasteiger partial charge in [0.25, 0.3) is 0 Å². The Morgan fingerprint density at radius 3 is 3.05 bits per heavy atom. The molecular weight excluding hydrogens is 268 g/mol. The molecule has 0 aromatic heterocycles. The molecule has 0 bridgehead atoms. The summed E-state index contributed by atoms with van der Waals surface area (Å²) >= 11 is 5.98. The Balaban J connectivity index is 1.84. The Morgan fingerprint density at radius 2 is 2.32 bits per heavy atom. The number of hydrogen-bond donors (Lipinski definition) is 2. The van der Waals surface area contributed by atoms with Crippen molar-refractivity contribution in [3.05, 3.63) is 29.3 Å². The van der Waals surface area contributed by atoms with Gasteiger partial charge in [-0.25, -0.2) is 0 Å². The van der Waals surface area contributed by atoms with Crippen LogP contribution in [-0.4, -0.2) is 54.8 Å². The predicted octanol–water partition coefficient (Wildman–Crippen LogP) is 1.08. The molecule has 19 heavy (non-hydrogen) atoms. The van der Waals surface area contributed by atoms with Crippen LogP contribution < -0.4 is 10.1 Å². The molecule has 2 N–H and O–H groups in total.